The van der Waals surface area contributed by atoms with Gasteiger partial charge in [0.2, 0.25) is 0 Å². The van der Waals surface area contributed by atoms with E-state index in [1.54, 1.807) is 17.8 Å². The molecule has 21 heavy (non-hydrogen) atoms. The van der Waals surface area contributed by atoms with Gasteiger partial charge < -0.3 is 10.4 Å². The zero-order valence-electron chi connectivity index (χ0n) is 12.0. The number of hydrogen-bond donors (Lipinski definition) is 2. The van der Waals surface area contributed by atoms with Crippen LogP contribution in [-0.2, 0) is 13.6 Å². The highest BCUT2D eigenvalue weighted by atomic mass is 32.1. The molecule has 0 atom stereocenters. The highest BCUT2D eigenvalue weighted by molar-refractivity contribution is 7.12. The lowest BCUT2D eigenvalue weighted by Gasteiger charge is -2.03. The summed E-state index contributed by atoms with van der Waals surface area (Å²) in [6.45, 7) is 2.40. The van der Waals surface area contributed by atoms with E-state index in [4.69, 9.17) is 5.11 Å². The highest BCUT2D eigenvalue weighted by Crippen LogP contribution is 2.15. The molecule has 0 aliphatic heterocycles. The first-order valence-corrected chi connectivity index (χ1v) is 7.39. The first kappa shape index (κ1) is 15.3. The van der Waals surface area contributed by atoms with Gasteiger partial charge in [0.15, 0.2) is 0 Å². The Hall–Kier alpha value is -2.10. The lowest BCUT2D eigenvalue weighted by molar-refractivity contribution is 0.0942. The van der Waals surface area contributed by atoms with Gasteiger partial charge in [-0.3, -0.25) is 9.48 Å². The number of aliphatic hydroxyl groups excluding tert-OH is 1. The number of aliphatic hydroxyl groups is 1. The summed E-state index contributed by atoms with van der Waals surface area (Å²) in [5, 5.41) is 15.7. The number of aryl methyl sites for hydroxylation is 2. The van der Waals surface area contributed by atoms with E-state index in [1.807, 2.05) is 19.1 Å². The van der Waals surface area contributed by atoms with E-state index in [2.05, 4.69) is 22.3 Å². The molecular weight excluding hydrogens is 286 g/mol. The van der Waals surface area contributed by atoms with Crippen molar-refractivity contribution < 1.29 is 9.90 Å². The van der Waals surface area contributed by atoms with Crippen LogP contribution in [0.3, 0.4) is 0 Å². The van der Waals surface area contributed by atoms with Gasteiger partial charge in [0.25, 0.3) is 5.91 Å². The number of nitrogens with zero attached hydrogens (tertiary/aromatic N) is 2. The Morgan fingerprint density at radius 2 is 2.33 bits per heavy atom. The average molecular weight is 303 g/mol. The molecule has 0 fully saturated rings. The zero-order chi connectivity index (χ0) is 15.2. The summed E-state index contributed by atoms with van der Waals surface area (Å²) in [6.07, 6.45) is 0.476. The molecule has 0 aliphatic carbocycles. The second-order valence-corrected chi connectivity index (χ2v) is 5.69. The first-order valence-electron chi connectivity index (χ1n) is 6.57. The minimum Gasteiger partial charge on any atom is -0.395 e. The van der Waals surface area contributed by atoms with Crippen LogP contribution in [0.4, 0.5) is 0 Å². The van der Waals surface area contributed by atoms with E-state index in [-0.39, 0.29) is 12.5 Å². The molecule has 0 spiro atoms. The van der Waals surface area contributed by atoms with Crippen molar-refractivity contribution in [3.05, 3.63) is 39.3 Å². The maximum absolute atomic E-state index is 12.0. The molecule has 0 radical (unpaired) electrons. The molecule has 2 rings (SSSR count). The van der Waals surface area contributed by atoms with Crippen molar-refractivity contribution in [1.82, 2.24) is 15.1 Å². The predicted octanol–water partition coefficient (Wildman–Crippen LogP) is 1.45. The van der Waals surface area contributed by atoms with Crippen LogP contribution >= 0.6 is 11.3 Å². The average Bonchev–Trinajstić information content (AvgIpc) is 3.03. The van der Waals surface area contributed by atoms with Gasteiger partial charge in [-0.25, -0.2) is 0 Å². The summed E-state index contributed by atoms with van der Waals surface area (Å²) in [5.74, 6) is 5.72. The molecule has 0 unspecified atom stereocenters. The van der Waals surface area contributed by atoms with Gasteiger partial charge >= 0.3 is 0 Å². The fourth-order valence-electron chi connectivity index (χ4n) is 1.83. The first-order chi connectivity index (χ1) is 10.1. The third-order valence-corrected chi connectivity index (χ3v) is 3.77. The highest BCUT2D eigenvalue weighted by Gasteiger charge is 2.11. The predicted molar refractivity (Wildman–Crippen MR) is 82.0 cm³/mol. The van der Waals surface area contributed by atoms with E-state index >= 15 is 0 Å². The van der Waals surface area contributed by atoms with Crippen molar-refractivity contribution in [2.45, 2.75) is 19.9 Å². The monoisotopic (exact) mass is 303 g/mol. The number of rotatable bonds is 4. The Morgan fingerprint density at radius 1 is 1.52 bits per heavy atom. The number of carbonyl (C=O) groups excluding carboxylic acids is 1. The van der Waals surface area contributed by atoms with Gasteiger partial charge in [0, 0.05) is 18.3 Å². The number of amides is 1. The van der Waals surface area contributed by atoms with Crippen LogP contribution in [0.5, 0.6) is 0 Å². The fraction of sp³-hybridized carbons (Fsp3) is 0.333. The number of thiophene rings is 1. The van der Waals surface area contributed by atoms with Crippen LogP contribution in [0, 0.1) is 18.8 Å². The van der Waals surface area contributed by atoms with E-state index in [1.165, 1.54) is 11.3 Å². The molecule has 0 saturated carbocycles. The van der Waals surface area contributed by atoms with Gasteiger partial charge in [-0.05, 0) is 25.1 Å². The van der Waals surface area contributed by atoms with Gasteiger partial charge in [-0.15, -0.1) is 11.3 Å². The minimum atomic E-state index is -0.139. The molecule has 0 aromatic carbocycles. The normalized spacial score (nSPS) is 10.0. The summed E-state index contributed by atoms with van der Waals surface area (Å²) in [4.78, 5) is 14.0. The van der Waals surface area contributed by atoms with Crippen molar-refractivity contribution >= 4 is 17.2 Å². The van der Waals surface area contributed by atoms with E-state index in [0.717, 1.165) is 15.4 Å². The number of nitrogens with one attached hydrogen (secondary N) is 1. The molecule has 2 heterocycles. The van der Waals surface area contributed by atoms with Crippen LogP contribution in [0.2, 0.25) is 0 Å². The summed E-state index contributed by atoms with van der Waals surface area (Å²) >= 11 is 1.54. The second-order valence-electron chi connectivity index (χ2n) is 4.52. The Labute approximate surface area is 127 Å². The maximum Gasteiger partial charge on any atom is 0.269 e. The Bertz CT molecular complexity index is 691. The largest absolute Gasteiger partial charge is 0.395 e. The Kier molecular flexibility index (Phi) is 5.14. The fourth-order valence-corrected chi connectivity index (χ4v) is 2.65. The third kappa shape index (κ3) is 4.18. The van der Waals surface area contributed by atoms with Gasteiger partial charge in [0.05, 0.1) is 23.7 Å². The summed E-state index contributed by atoms with van der Waals surface area (Å²) in [7, 11) is 1.75. The number of aromatic nitrogens is 2. The standard InChI is InChI=1S/C15H17N3O2S/c1-11-9-14(18(2)17-11)15(20)16-10-13-7-6-12(21-13)5-3-4-8-19/h6-7,9,19H,4,8,10H2,1-2H3,(H,16,20). The van der Waals surface area contributed by atoms with Gasteiger partial charge in [-0.1, -0.05) is 11.8 Å². The van der Waals surface area contributed by atoms with Crippen LogP contribution in [-0.4, -0.2) is 27.4 Å². The SMILES string of the molecule is Cc1cc(C(=O)NCc2ccc(C#CCCO)s2)n(C)n1. The molecule has 0 aliphatic rings. The molecular formula is C15H17N3O2S. The topological polar surface area (TPSA) is 67.2 Å². The quantitative estimate of drug-likeness (QED) is 0.840. The van der Waals surface area contributed by atoms with Crippen LogP contribution in [0.1, 0.15) is 32.4 Å². The number of carbonyl (C=O) groups is 1. The number of hydrogen-bond acceptors (Lipinski definition) is 4. The molecule has 1 amide bonds. The lowest BCUT2D eigenvalue weighted by Crippen LogP contribution is -2.24. The van der Waals surface area contributed by atoms with E-state index < -0.39 is 0 Å². The van der Waals surface area contributed by atoms with Gasteiger partial charge in [0.1, 0.15) is 5.69 Å². The molecule has 110 valence electrons. The summed E-state index contributed by atoms with van der Waals surface area (Å²) in [5.41, 5.74) is 1.37. The molecule has 0 bridgehead atoms. The maximum atomic E-state index is 12.0. The second kappa shape index (κ2) is 7.07. The minimum absolute atomic E-state index is 0.0748. The summed E-state index contributed by atoms with van der Waals surface area (Å²) < 4.78 is 1.57. The molecule has 0 saturated heterocycles. The van der Waals surface area contributed by atoms with Crippen molar-refractivity contribution in [2.24, 2.45) is 7.05 Å². The molecule has 5 nitrogen and oxygen atoms in total. The molecule has 2 aromatic rings. The van der Waals surface area contributed by atoms with Gasteiger partial charge in [-0.2, -0.15) is 5.10 Å². The molecule has 2 N–H and O–H groups in total. The van der Waals surface area contributed by atoms with E-state index in [0.29, 0.717) is 18.7 Å². The van der Waals surface area contributed by atoms with Crippen molar-refractivity contribution in [2.75, 3.05) is 6.61 Å². The van der Waals surface area contributed by atoms with Crippen LogP contribution in [0.25, 0.3) is 0 Å². The molecule has 2 aromatic heterocycles. The molecule has 6 heteroatoms. The zero-order valence-corrected chi connectivity index (χ0v) is 12.8. The lowest BCUT2D eigenvalue weighted by atomic mass is 10.3. The Morgan fingerprint density at radius 3 is 3.00 bits per heavy atom. The van der Waals surface area contributed by atoms with Crippen molar-refractivity contribution in [3.8, 4) is 11.8 Å². The smallest absolute Gasteiger partial charge is 0.269 e. The van der Waals surface area contributed by atoms with Crippen molar-refractivity contribution in [3.63, 3.8) is 0 Å². The van der Waals surface area contributed by atoms with Crippen LogP contribution in [0.15, 0.2) is 18.2 Å². The van der Waals surface area contributed by atoms with Crippen LogP contribution < -0.4 is 5.32 Å². The van der Waals surface area contributed by atoms with E-state index in [9.17, 15) is 4.79 Å². The van der Waals surface area contributed by atoms with Crippen molar-refractivity contribution in [1.29, 1.82) is 0 Å². The summed E-state index contributed by atoms with van der Waals surface area (Å²) in [6, 6.07) is 5.63. The third-order valence-electron chi connectivity index (χ3n) is 2.77. The Balaban J connectivity index is 1.93.